The molecule has 0 bridgehead atoms. The van der Waals surface area contributed by atoms with E-state index in [0.29, 0.717) is 32.2 Å². The Morgan fingerprint density at radius 2 is 1.64 bits per heavy atom. The summed E-state index contributed by atoms with van der Waals surface area (Å²) >= 11 is 0. The van der Waals surface area contributed by atoms with Crippen LogP contribution < -0.4 is 16.4 Å². The van der Waals surface area contributed by atoms with E-state index in [9.17, 15) is 26.8 Å². The van der Waals surface area contributed by atoms with Crippen molar-refractivity contribution in [2.45, 2.75) is 89.3 Å². The highest BCUT2D eigenvalue weighted by Crippen LogP contribution is 2.18. The smallest absolute Gasteiger partial charge is 0.330 e. The van der Waals surface area contributed by atoms with Crippen molar-refractivity contribution >= 4 is 21.7 Å². The van der Waals surface area contributed by atoms with Crippen LogP contribution in [0.4, 0.5) is 8.78 Å². The highest BCUT2D eigenvalue weighted by molar-refractivity contribution is 7.92. The molecule has 0 saturated heterocycles. The lowest BCUT2D eigenvalue weighted by Crippen LogP contribution is -2.52. The van der Waals surface area contributed by atoms with E-state index in [4.69, 9.17) is 10.5 Å². The van der Waals surface area contributed by atoms with Crippen LogP contribution in [0.25, 0.3) is 0 Å². The molecule has 1 aromatic heterocycles. The second-order valence-electron chi connectivity index (χ2n) is 11.6. The number of hydrogen-bond acceptors (Lipinski definition) is 9. The van der Waals surface area contributed by atoms with Crippen LogP contribution in [0.3, 0.4) is 0 Å². The Labute approximate surface area is 275 Å². The van der Waals surface area contributed by atoms with Crippen molar-refractivity contribution in [3.63, 3.8) is 0 Å². The van der Waals surface area contributed by atoms with Gasteiger partial charge in [0.15, 0.2) is 9.84 Å². The number of amides is 1. The van der Waals surface area contributed by atoms with Crippen LogP contribution in [0.2, 0.25) is 0 Å². The minimum absolute atomic E-state index is 0.0347. The Morgan fingerprint density at radius 1 is 0.957 bits per heavy atom. The first-order valence-corrected chi connectivity index (χ1v) is 17.6. The van der Waals surface area contributed by atoms with Crippen molar-refractivity contribution in [2.24, 2.45) is 5.73 Å². The third-order valence-corrected chi connectivity index (χ3v) is 10.0. The largest absolute Gasteiger partial charge is 0.458 e. The minimum Gasteiger partial charge on any atom is -0.458 e. The lowest BCUT2D eigenvalue weighted by Gasteiger charge is -2.28. The van der Waals surface area contributed by atoms with E-state index in [1.54, 1.807) is 0 Å². The van der Waals surface area contributed by atoms with E-state index < -0.39 is 62.5 Å². The first-order valence-electron chi connectivity index (χ1n) is 15.9. The average molecular weight is 674 g/mol. The fraction of sp³-hybridized carbons (Fsp3) is 0.471. The van der Waals surface area contributed by atoms with Crippen LogP contribution in [0.5, 0.6) is 0 Å². The third-order valence-electron chi connectivity index (χ3n) is 7.73. The molecule has 0 radical (unpaired) electrons. The number of halogens is 2. The molecule has 0 spiro atoms. The van der Waals surface area contributed by atoms with Gasteiger partial charge >= 0.3 is 5.97 Å². The Hall–Kier alpha value is -3.81. The monoisotopic (exact) mass is 673 g/mol. The molecule has 3 rings (SSSR count). The van der Waals surface area contributed by atoms with Crippen LogP contribution >= 0.6 is 0 Å². The molecule has 1 amide bonds. The zero-order valence-electron chi connectivity index (χ0n) is 27.1. The topological polar surface area (TPSA) is 153 Å². The van der Waals surface area contributed by atoms with Crippen molar-refractivity contribution in [1.29, 1.82) is 0 Å². The molecule has 4 N–H and O–H groups in total. The van der Waals surface area contributed by atoms with Gasteiger partial charge in [-0.25, -0.2) is 27.0 Å². The Morgan fingerprint density at radius 3 is 2.26 bits per heavy atom. The second-order valence-corrected chi connectivity index (χ2v) is 13.9. The summed E-state index contributed by atoms with van der Waals surface area (Å²) in [4.78, 5) is 34.6. The number of hydrogen-bond donors (Lipinski definition) is 3. The molecule has 0 aliphatic rings. The molecule has 47 heavy (non-hydrogen) atoms. The first-order chi connectivity index (χ1) is 22.4. The number of aryl methyl sites for hydroxylation is 1. The number of nitrogens with two attached hydrogens (primary N) is 1. The summed E-state index contributed by atoms with van der Waals surface area (Å²) < 4.78 is 60.9. The SMILES string of the molecule is CCCC(CCC)S(=O)(=O)CC(NC(=O)c1cnccn1)C(=O)O[C@H](CNCc1cccc(CC)c1)[C@@H](N)Cc1cc(F)cc(F)c1. The van der Waals surface area contributed by atoms with E-state index in [1.807, 2.05) is 45.0 Å². The fourth-order valence-electron chi connectivity index (χ4n) is 5.30. The maximum Gasteiger partial charge on any atom is 0.330 e. The number of nitrogens with one attached hydrogen (secondary N) is 2. The van der Waals surface area contributed by atoms with Gasteiger partial charge < -0.3 is 21.1 Å². The number of ether oxygens (including phenoxy) is 1. The molecule has 0 aliphatic carbocycles. The van der Waals surface area contributed by atoms with Crippen LogP contribution in [0, 0.1) is 11.6 Å². The summed E-state index contributed by atoms with van der Waals surface area (Å²) in [6.45, 7) is 6.24. The maximum atomic E-state index is 14.0. The van der Waals surface area contributed by atoms with E-state index in [2.05, 4.69) is 20.6 Å². The number of rotatable bonds is 19. The minimum atomic E-state index is -3.87. The molecular formula is C34H45F2N5O5S. The number of nitrogens with zero attached hydrogens (tertiary/aromatic N) is 2. The molecule has 2 aromatic carbocycles. The van der Waals surface area contributed by atoms with Crippen LogP contribution in [-0.2, 0) is 38.8 Å². The molecule has 0 aliphatic heterocycles. The number of esters is 1. The van der Waals surface area contributed by atoms with Crippen molar-refractivity contribution in [2.75, 3.05) is 12.3 Å². The van der Waals surface area contributed by atoms with Crippen molar-refractivity contribution in [3.8, 4) is 0 Å². The normalized spacial score (nSPS) is 13.6. The third kappa shape index (κ3) is 12.1. The molecule has 3 atom stereocenters. The van der Waals surface area contributed by atoms with Gasteiger partial charge in [0.1, 0.15) is 29.5 Å². The summed E-state index contributed by atoms with van der Waals surface area (Å²) in [7, 11) is -3.87. The van der Waals surface area contributed by atoms with Crippen LogP contribution in [-0.4, -0.2) is 66.0 Å². The predicted octanol–water partition coefficient (Wildman–Crippen LogP) is 4.07. The molecular weight excluding hydrogens is 628 g/mol. The van der Waals surface area contributed by atoms with Gasteiger partial charge in [0.25, 0.3) is 5.91 Å². The fourth-order valence-corrected chi connectivity index (χ4v) is 7.44. The summed E-state index contributed by atoms with van der Waals surface area (Å²) in [5.41, 5.74) is 8.75. The van der Waals surface area contributed by atoms with Crippen LogP contribution in [0.1, 0.15) is 73.6 Å². The summed E-state index contributed by atoms with van der Waals surface area (Å²) in [6, 6.07) is 8.41. The first kappa shape index (κ1) is 37.6. The van der Waals surface area contributed by atoms with Gasteiger partial charge in [0, 0.05) is 37.6 Å². The Balaban J connectivity index is 1.88. The predicted molar refractivity (Wildman–Crippen MR) is 176 cm³/mol. The van der Waals surface area contributed by atoms with Gasteiger partial charge in [0.2, 0.25) is 0 Å². The molecule has 13 heteroatoms. The molecule has 10 nitrogen and oxygen atoms in total. The van der Waals surface area contributed by atoms with Crippen molar-refractivity contribution < 1.29 is 31.5 Å². The quantitative estimate of drug-likeness (QED) is 0.160. The van der Waals surface area contributed by atoms with E-state index >= 15 is 0 Å². The zero-order chi connectivity index (χ0) is 34.4. The Kier molecular flexibility index (Phi) is 14.8. The van der Waals surface area contributed by atoms with E-state index in [1.165, 1.54) is 18.6 Å². The van der Waals surface area contributed by atoms with Gasteiger partial charge in [0.05, 0.1) is 17.2 Å². The summed E-state index contributed by atoms with van der Waals surface area (Å²) in [6.07, 6.45) is 5.63. The van der Waals surface area contributed by atoms with Gasteiger partial charge in [-0.1, -0.05) is 57.9 Å². The second kappa shape index (κ2) is 18.5. The van der Waals surface area contributed by atoms with Gasteiger partial charge in [-0.15, -0.1) is 0 Å². The summed E-state index contributed by atoms with van der Waals surface area (Å²) in [5.74, 6) is -4.07. The molecule has 1 heterocycles. The van der Waals surface area contributed by atoms with Gasteiger partial charge in [-0.3, -0.25) is 9.78 Å². The highest BCUT2D eigenvalue weighted by Gasteiger charge is 2.35. The number of carbonyl (C=O) groups excluding carboxylic acids is 2. The van der Waals surface area contributed by atoms with Crippen molar-refractivity contribution in [3.05, 3.63) is 95.1 Å². The highest BCUT2D eigenvalue weighted by atomic mass is 32.2. The summed E-state index contributed by atoms with van der Waals surface area (Å²) in [5, 5.41) is 4.99. The molecule has 1 unspecified atom stereocenters. The standard InChI is InChI=1S/C34H45F2N5O5S/c1-4-8-28(9-5-2)47(44,45)22-31(41-33(42)30-20-38-12-13-40-30)34(43)46-32(21-39-19-24-11-7-10-23(6-3)14-24)29(37)17-25-15-26(35)18-27(36)16-25/h7,10-16,18,20,28-29,31-32,39H,4-6,8-9,17,19,21-22,37H2,1-3H3,(H,41,42)/t29-,31?,32+/m0/s1. The Bertz CT molecular complexity index is 1540. The maximum absolute atomic E-state index is 14.0. The lowest BCUT2D eigenvalue weighted by atomic mass is 10.0. The number of aromatic nitrogens is 2. The average Bonchev–Trinajstić information content (AvgIpc) is 3.03. The zero-order valence-corrected chi connectivity index (χ0v) is 27.9. The van der Waals surface area contributed by atoms with Crippen molar-refractivity contribution in [1.82, 2.24) is 20.6 Å². The number of sulfone groups is 1. The van der Waals surface area contributed by atoms with Crippen LogP contribution in [0.15, 0.2) is 61.1 Å². The number of carbonyl (C=O) groups is 2. The molecule has 0 saturated carbocycles. The number of benzene rings is 2. The molecule has 0 fully saturated rings. The molecule has 3 aromatic rings. The van der Waals surface area contributed by atoms with Gasteiger partial charge in [-0.05, 0) is 54.5 Å². The van der Waals surface area contributed by atoms with E-state index in [0.717, 1.165) is 35.7 Å². The molecule has 256 valence electrons. The lowest BCUT2D eigenvalue weighted by molar-refractivity contribution is -0.151. The van der Waals surface area contributed by atoms with Gasteiger partial charge in [-0.2, -0.15) is 0 Å². The van der Waals surface area contributed by atoms with E-state index in [-0.39, 0.29) is 24.2 Å².